The molecule has 0 radical (unpaired) electrons. The number of aromatic nitrogens is 3. The summed E-state index contributed by atoms with van der Waals surface area (Å²) in [6.45, 7) is 11.9. The molecule has 22 heavy (non-hydrogen) atoms. The highest BCUT2D eigenvalue weighted by Gasteiger charge is 2.22. The highest BCUT2D eigenvalue weighted by atomic mass is 16.3. The molecule has 2 aromatic rings. The lowest BCUT2D eigenvalue weighted by molar-refractivity contribution is 0.174. The first-order valence-electron chi connectivity index (χ1n) is 8.15. The maximum absolute atomic E-state index is 6.03. The molecule has 120 valence electrons. The number of piperidine rings is 1. The molecular weight excluding hydrogens is 276 g/mol. The van der Waals surface area contributed by atoms with Crippen molar-refractivity contribution in [3.8, 4) is 11.6 Å². The van der Waals surface area contributed by atoms with E-state index in [0.29, 0.717) is 0 Å². The summed E-state index contributed by atoms with van der Waals surface area (Å²) >= 11 is 0. The molecule has 0 N–H and O–H groups in total. The molecule has 2 aromatic heterocycles. The molecule has 0 atom stereocenters. The van der Waals surface area contributed by atoms with Gasteiger partial charge in [-0.3, -0.25) is 4.90 Å². The summed E-state index contributed by atoms with van der Waals surface area (Å²) in [5, 5.41) is 4.33. The molecule has 5 nitrogen and oxygen atoms in total. The van der Waals surface area contributed by atoms with Crippen molar-refractivity contribution in [3.05, 3.63) is 24.2 Å². The van der Waals surface area contributed by atoms with Crippen LogP contribution in [0.5, 0.6) is 0 Å². The molecule has 0 spiro atoms. The topological polar surface area (TPSA) is 47.1 Å². The normalized spacial score (nSPS) is 18.0. The Hall–Kier alpha value is -1.62. The van der Waals surface area contributed by atoms with E-state index >= 15 is 0 Å². The lowest BCUT2D eigenvalue weighted by Gasteiger charge is -2.29. The van der Waals surface area contributed by atoms with Crippen LogP contribution in [0.4, 0.5) is 0 Å². The Morgan fingerprint density at radius 2 is 1.95 bits per heavy atom. The quantitative estimate of drug-likeness (QED) is 0.870. The maximum Gasteiger partial charge on any atom is 0.194 e. The van der Waals surface area contributed by atoms with Gasteiger partial charge < -0.3 is 4.42 Å². The van der Waals surface area contributed by atoms with Crippen molar-refractivity contribution >= 4 is 0 Å². The Balaban J connectivity index is 1.73. The zero-order valence-electron chi connectivity index (χ0n) is 14.0. The van der Waals surface area contributed by atoms with E-state index in [-0.39, 0.29) is 5.54 Å². The van der Waals surface area contributed by atoms with Crippen LogP contribution in [0.25, 0.3) is 11.6 Å². The Morgan fingerprint density at radius 3 is 2.64 bits per heavy atom. The predicted octanol–water partition coefficient (Wildman–Crippen LogP) is 3.53. The molecule has 1 aliphatic rings. The van der Waals surface area contributed by atoms with Crippen LogP contribution in [0.1, 0.15) is 46.3 Å². The smallest absolute Gasteiger partial charge is 0.194 e. The number of rotatable bonds is 3. The van der Waals surface area contributed by atoms with Crippen LogP contribution in [-0.2, 0) is 12.1 Å². The number of nitrogens with zero attached hydrogens (tertiary/aromatic N) is 4. The Kier molecular flexibility index (Phi) is 4.08. The monoisotopic (exact) mass is 302 g/mol. The van der Waals surface area contributed by atoms with Crippen molar-refractivity contribution in [2.24, 2.45) is 5.92 Å². The number of hydrogen-bond acceptors (Lipinski definition) is 4. The minimum Gasteiger partial charge on any atom is -0.456 e. The van der Waals surface area contributed by atoms with Gasteiger partial charge in [0.15, 0.2) is 11.6 Å². The van der Waals surface area contributed by atoms with Gasteiger partial charge in [0.1, 0.15) is 12.1 Å². The van der Waals surface area contributed by atoms with Crippen LogP contribution in [0.3, 0.4) is 0 Å². The Labute approximate surface area is 132 Å². The Bertz CT molecular complexity index is 615. The van der Waals surface area contributed by atoms with Crippen LogP contribution in [-0.4, -0.2) is 32.8 Å². The van der Waals surface area contributed by atoms with Crippen molar-refractivity contribution < 1.29 is 4.42 Å². The van der Waals surface area contributed by atoms with E-state index < -0.39 is 0 Å². The molecule has 0 saturated carbocycles. The molecule has 0 bridgehead atoms. The number of likely N-dealkylation sites (tertiary alicyclic amines) is 1. The predicted molar refractivity (Wildman–Crippen MR) is 86.4 cm³/mol. The highest BCUT2D eigenvalue weighted by molar-refractivity contribution is 5.47. The second-order valence-electron chi connectivity index (χ2n) is 7.39. The summed E-state index contributed by atoms with van der Waals surface area (Å²) in [5.41, 5.74) is -0.109. The van der Waals surface area contributed by atoms with Crippen LogP contribution < -0.4 is 0 Å². The second kappa shape index (κ2) is 5.88. The van der Waals surface area contributed by atoms with Gasteiger partial charge in [0.05, 0.1) is 12.1 Å². The van der Waals surface area contributed by atoms with Crippen molar-refractivity contribution in [2.45, 2.75) is 52.6 Å². The summed E-state index contributed by atoms with van der Waals surface area (Å²) in [6, 6.07) is 4.07. The van der Waals surface area contributed by atoms with Crippen molar-refractivity contribution in [1.29, 1.82) is 0 Å². The standard InChI is InChI=1S/C17H26N4O/c1-13-7-9-20(10-8-13)11-14-5-6-15(22-14)16-18-12-19-21(16)17(2,3)4/h5-6,12-13H,7-11H2,1-4H3. The van der Waals surface area contributed by atoms with E-state index in [1.54, 1.807) is 6.33 Å². The largest absolute Gasteiger partial charge is 0.456 e. The van der Waals surface area contributed by atoms with E-state index in [1.165, 1.54) is 12.8 Å². The molecule has 0 aliphatic carbocycles. The molecule has 0 unspecified atom stereocenters. The summed E-state index contributed by atoms with van der Waals surface area (Å²) in [5.74, 6) is 3.46. The van der Waals surface area contributed by atoms with Gasteiger partial charge in [-0.05, 0) is 64.8 Å². The van der Waals surface area contributed by atoms with E-state index in [9.17, 15) is 0 Å². The van der Waals surface area contributed by atoms with Crippen LogP contribution >= 0.6 is 0 Å². The SMILES string of the molecule is CC1CCN(Cc2ccc(-c3ncnn3C(C)(C)C)o2)CC1. The van der Waals surface area contributed by atoms with Crippen LogP contribution in [0.15, 0.2) is 22.9 Å². The van der Waals surface area contributed by atoms with Crippen LogP contribution in [0, 0.1) is 5.92 Å². The third kappa shape index (κ3) is 3.24. The van der Waals surface area contributed by atoms with Gasteiger partial charge in [-0.1, -0.05) is 6.92 Å². The summed E-state index contributed by atoms with van der Waals surface area (Å²) in [6.07, 6.45) is 4.16. The molecule has 1 fully saturated rings. The lowest BCUT2D eigenvalue weighted by atomic mass is 9.99. The summed E-state index contributed by atoms with van der Waals surface area (Å²) in [7, 11) is 0. The second-order valence-corrected chi connectivity index (χ2v) is 7.39. The minimum absolute atomic E-state index is 0.109. The van der Waals surface area contributed by atoms with Gasteiger partial charge in [0, 0.05) is 0 Å². The van der Waals surface area contributed by atoms with Gasteiger partial charge in [0.25, 0.3) is 0 Å². The fourth-order valence-electron chi connectivity index (χ4n) is 2.92. The van der Waals surface area contributed by atoms with Gasteiger partial charge in [-0.2, -0.15) is 5.10 Å². The van der Waals surface area contributed by atoms with Crippen molar-refractivity contribution in [2.75, 3.05) is 13.1 Å². The van der Waals surface area contributed by atoms with E-state index in [0.717, 1.165) is 42.9 Å². The first-order chi connectivity index (χ1) is 10.4. The zero-order valence-corrected chi connectivity index (χ0v) is 14.0. The first kappa shape index (κ1) is 15.3. The maximum atomic E-state index is 6.03. The van der Waals surface area contributed by atoms with Gasteiger partial charge >= 0.3 is 0 Å². The van der Waals surface area contributed by atoms with Crippen molar-refractivity contribution in [1.82, 2.24) is 19.7 Å². The molecule has 0 aromatic carbocycles. The van der Waals surface area contributed by atoms with Gasteiger partial charge in [-0.15, -0.1) is 0 Å². The average Bonchev–Trinajstić information content (AvgIpc) is 3.09. The first-order valence-corrected chi connectivity index (χ1v) is 8.15. The van der Waals surface area contributed by atoms with E-state index in [4.69, 9.17) is 4.42 Å². The Morgan fingerprint density at radius 1 is 1.23 bits per heavy atom. The van der Waals surface area contributed by atoms with E-state index in [2.05, 4.69) is 48.7 Å². The molecule has 1 aliphatic heterocycles. The van der Waals surface area contributed by atoms with E-state index in [1.807, 2.05) is 10.7 Å². The van der Waals surface area contributed by atoms with Gasteiger partial charge in [0.2, 0.25) is 0 Å². The van der Waals surface area contributed by atoms with Crippen molar-refractivity contribution in [3.63, 3.8) is 0 Å². The van der Waals surface area contributed by atoms with Gasteiger partial charge in [-0.25, -0.2) is 9.67 Å². The molecule has 1 saturated heterocycles. The molecule has 5 heteroatoms. The molecule has 3 rings (SSSR count). The number of furan rings is 1. The molecule has 0 amide bonds. The fourth-order valence-corrected chi connectivity index (χ4v) is 2.92. The molecule has 3 heterocycles. The van der Waals surface area contributed by atoms with Crippen LogP contribution in [0.2, 0.25) is 0 Å². The fraction of sp³-hybridized carbons (Fsp3) is 0.647. The summed E-state index contributed by atoms with van der Waals surface area (Å²) < 4.78 is 7.94. The average molecular weight is 302 g/mol. The summed E-state index contributed by atoms with van der Waals surface area (Å²) in [4.78, 5) is 6.84. The lowest BCUT2D eigenvalue weighted by Crippen LogP contribution is -2.32. The minimum atomic E-state index is -0.109. The number of hydrogen-bond donors (Lipinski definition) is 0. The zero-order chi connectivity index (χ0) is 15.7. The highest BCUT2D eigenvalue weighted by Crippen LogP contribution is 2.26. The molecular formula is C17H26N4O. The third-order valence-corrected chi connectivity index (χ3v) is 4.32. The third-order valence-electron chi connectivity index (χ3n) is 4.32.